The van der Waals surface area contributed by atoms with Crippen LogP contribution in [0.15, 0.2) is 30.3 Å². The zero-order chi connectivity index (χ0) is 14.5. The van der Waals surface area contributed by atoms with E-state index < -0.39 is 0 Å². The van der Waals surface area contributed by atoms with Crippen molar-refractivity contribution in [3.8, 4) is 6.07 Å². The van der Waals surface area contributed by atoms with Crippen LogP contribution >= 0.6 is 0 Å². The van der Waals surface area contributed by atoms with Gasteiger partial charge in [-0.25, -0.2) is 0 Å². The van der Waals surface area contributed by atoms with Gasteiger partial charge in [0, 0.05) is 24.8 Å². The van der Waals surface area contributed by atoms with Gasteiger partial charge in [0.2, 0.25) is 5.91 Å². The Bertz CT molecular complexity index is 486. The van der Waals surface area contributed by atoms with E-state index in [1.807, 2.05) is 30.3 Å². The van der Waals surface area contributed by atoms with Crippen LogP contribution in [0.5, 0.6) is 0 Å². The Kier molecular flexibility index (Phi) is 4.72. The number of nitriles is 1. The van der Waals surface area contributed by atoms with Gasteiger partial charge in [0.1, 0.15) is 6.54 Å². The second kappa shape index (κ2) is 6.51. The topological polar surface area (TPSA) is 73.4 Å². The van der Waals surface area contributed by atoms with E-state index in [-0.39, 0.29) is 18.5 Å². The van der Waals surface area contributed by atoms with Gasteiger partial charge >= 0.3 is 0 Å². The van der Waals surface area contributed by atoms with E-state index in [2.05, 4.69) is 17.9 Å². The summed E-state index contributed by atoms with van der Waals surface area (Å²) in [4.78, 5) is 16.0. The number of hydrogen-bond donors (Lipinski definition) is 1. The number of rotatable bonds is 4. The molecular weight excluding hydrogens is 252 g/mol. The first kappa shape index (κ1) is 14.5. The van der Waals surface area contributed by atoms with Gasteiger partial charge in [-0.2, -0.15) is 5.26 Å². The van der Waals surface area contributed by atoms with Crippen LogP contribution in [0.3, 0.4) is 0 Å². The molecule has 0 aromatic heterocycles. The van der Waals surface area contributed by atoms with Crippen molar-refractivity contribution in [3.63, 3.8) is 0 Å². The van der Waals surface area contributed by atoms with E-state index in [1.165, 1.54) is 4.90 Å². The summed E-state index contributed by atoms with van der Waals surface area (Å²) in [6, 6.07) is 11.5. The highest BCUT2D eigenvalue weighted by Crippen LogP contribution is 2.17. The first-order valence-corrected chi connectivity index (χ1v) is 6.82. The maximum absolute atomic E-state index is 12.4. The molecule has 0 spiro atoms. The summed E-state index contributed by atoms with van der Waals surface area (Å²) in [6.07, 6.45) is 0. The Morgan fingerprint density at radius 1 is 1.45 bits per heavy atom. The maximum Gasteiger partial charge on any atom is 0.242 e. The monoisotopic (exact) mass is 272 g/mol. The molecule has 5 nitrogen and oxygen atoms in total. The van der Waals surface area contributed by atoms with Gasteiger partial charge in [-0.3, -0.25) is 14.6 Å². The molecule has 1 saturated heterocycles. The average Bonchev–Trinajstić information content (AvgIpc) is 2.75. The molecule has 1 aromatic carbocycles. The van der Waals surface area contributed by atoms with Crippen LogP contribution in [-0.4, -0.2) is 43.0 Å². The molecule has 0 radical (unpaired) electrons. The van der Waals surface area contributed by atoms with Crippen LogP contribution in [0.1, 0.15) is 6.92 Å². The zero-order valence-corrected chi connectivity index (χ0v) is 11.7. The second-order valence-electron chi connectivity index (χ2n) is 5.31. The molecule has 0 aliphatic carbocycles. The van der Waals surface area contributed by atoms with Crippen LogP contribution < -0.4 is 10.6 Å². The Labute approximate surface area is 119 Å². The number of para-hydroxylation sites is 1. The molecular formula is C15H20N4O. The first-order valence-electron chi connectivity index (χ1n) is 6.82. The van der Waals surface area contributed by atoms with Gasteiger partial charge in [-0.1, -0.05) is 25.1 Å². The van der Waals surface area contributed by atoms with Crippen molar-refractivity contribution < 1.29 is 4.79 Å². The van der Waals surface area contributed by atoms with Gasteiger partial charge in [0.15, 0.2) is 0 Å². The summed E-state index contributed by atoms with van der Waals surface area (Å²) in [6.45, 7) is 4.05. The van der Waals surface area contributed by atoms with Crippen LogP contribution in [-0.2, 0) is 4.79 Å². The molecule has 1 fully saturated rings. The van der Waals surface area contributed by atoms with Gasteiger partial charge in [0.25, 0.3) is 0 Å². The summed E-state index contributed by atoms with van der Waals surface area (Å²) in [7, 11) is 0. The molecule has 106 valence electrons. The zero-order valence-electron chi connectivity index (χ0n) is 11.7. The molecule has 1 amide bonds. The minimum absolute atomic E-state index is 0.0564. The predicted molar refractivity (Wildman–Crippen MR) is 78.0 cm³/mol. The third-order valence-corrected chi connectivity index (χ3v) is 3.70. The van der Waals surface area contributed by atoms with E-state index in [4.69, 9.17) is 11.0 Å². The molecule has 0 bridgehead atoms. The van der Waals surface area contributed by atoms with Gasteiger partial charge in [-0.15, -0.1) is 0 Å². The molecule has 0 saturated carbocycles. The van der Waals surface area contributed by atoms with Crippen molar-refractivity contribution in [1.29, 1.82) is 5.26 Å². The van der Waals surface area contributed by atoms with Crippen molar-refractivity contribution in [3.05, 3.63) is 30.3 Å². The average molecular weight is 272 g/mol. The molecule has 1 heterocycles. The van der Waals surface area contributed by atoms with Crippen molar-refractivity contribution in [2.75, 3.05) is 31.1 Å². The molecule has 5 heteroatoms. The van der Waals surface area contributed by atoms with E-state index in [1.54, 1.807) is 0 Å². The third kappa shape index (κ3) is 3.35. The van der Waals surface area contributed by atoms with Crippen molar-refractivity contribution >= 4 is 11.6 Å². The highest BCUT2D eigenvalue weighted by Gasteiger charge is 2.29. The summed E-state index contributed by atoms with van der Waals surface area (Å²) >= 11 is 0. The number of carbonyl (C=O) groups is 1. The highest BCUT2D eigenvalue weighted by atomic mass is 16.2. The Morgan fingerprint density at radius 3 is 2.70 bits per heavy atom. The lowest BCUT2D eigenvalue weighted by atomic mass is 10.1. The van der Waals surface area contributed by atoms with Gasteiger partial charge in [-0.05, 0) is 18.1 Å². The predicted octanol–water partition coefficient (Wildman–Crippen LogP) is 0.822. The number of anilines is 1. The van der Waals surface area contributed by atoms with Gasteiger partial charge < -0.3 is 5.73 Å². The number of carbonyl (C=O) groups excluding carboxylic acids is 1. The lowest BCUT2D eigenvalue weighted by Gasteiger charge is -2.23. The molecule has 1 aliphatic heterocycles. The number of hydrogen-bond acceptors (Lipinski definition) is 4. The SMILES string of the molecule is CC1CN(CC(=O)N(CC#N)c2ccccc2)CC1N. The van der Waals surface area contributed by atoms with Crippen molar-refractivity contribution in [2.45, 2.75) is 13.0 Å². The summed E-state index contributed by atoms with van der Waals surface area (Å²) in [5, 5.41) is 8.91. The van der Waals surface area contributed by atoms with Crippen molar-refractivity contribution in [1.82, 2.24) is 4.90 Å². The Morgan fingerprint density at radius 2 is 2.15 bits per heavy atom. The van der Waals surface area contributed by atoms with E-state index >= 15 is 0 Å². The normalized spacial score (nSPS) is 22.4. The second-order valence-corrected chi connectivity index (χ2v) is 5.31. The fourth-order valence-corrected chi connectivity index (χ4v) is 2.50. The van der Waals surface area contributed by atoms with Crippen LogP contribution in [0, 0.1) is 17.2 Å². The minimum Gasteiger partial charge on any atom is -0.326 e. The highest BCUT2D eigenvalue weighted by molar-refractivity contribution is 5.95. The van der Waals surface area contributed by atoms with Crippen molar-refractivity contribution in [2.24, 2.45) is 11.7 Å². The summed E-state index contributed by atoms with van der Waals surface area (Å²) < 4.78 is 0. The first-order chi connectivity index (χ1) is 9.61. The number of nitrogens with zero attached hydrogens (tertiary/aromatic N) is 3. The van der Waals surface area contributed by atoms with E-state index in [0.29, 0.717) is 12.5 Å². The molecule has 20 heavy (non-hydrogen) atoms. The van der Waals surface area contributed by atoms with Gasteiger partial charge in [0.05, 0.1) is 12.6 Å². The number of likely N-dealkylation sites (tertiary alicyclic amines) is 1. The van der Waals surface area contributed by atoms with E-state index in [9.17, 15) is 4.79 Å². The lowest BCUT2D eigenvalue weighted by molar-refractivity contribution is -0.119. The fourth-order valence-electron chi connectivity index (χ4n) is 2.50. The van der Waals surface area contributed by atoms with Crippen LogP contribution in [0.25, 0.3) is 0 Å². The summed E-state index contributed by atoms with van der Waals surface area (Å²) in [5.41, 5.74) is 6.73. The standard InChI is InChI=1S/C15H20N4O/c1-12-9-18(10-14(12)17)11-15(20)19(8-7-16)13-5-3-2-4-6-13/h2-6,12,14H,8-11,17H2,1H3. The largest absolute Gasteiger partial charge is 0.326 e. The third-order valence-electron chi connectivity index (χ3n) is 3.70. The fraction of sp³-hybridized carbons (Fsp3) is 0.467. The minimum atomic E-state index is -0.0564. The smallest absolute Gasteiger partial charge is 0.242 e. The van der Waals surface area contributed by atoms with Crippen LogP contribution in [0.2, 0.25) is 0 Å². The lowest BCUT2D eigenvalue weighted by Crippen LogP contribution is -2.40. The summed E-state index contributed by atoms with van der Waals surface area (Å²) in [5.74, 6) is 0.350. The Hall–Kier alpha value is -1.90. The molecule has 2 unspecified atom stereocenters. The van der Waals surface area contributed by atoms with E-state index in [0.717, 1.165) is 18.8 Å². The number of nitrogens with two attached hydrogens (primary N) is 1. The number of amides is 1. The number of benzene rings is 1. The quantitative estimate of drug-likeness (QED) is 0.824. The maximum atomic E-state index is 12.4. The molecule has 2 N–H and O–H groups in total. The molecule has 1 aliphatic rings. The molecule has 2 rings (SSSR count). The van der Waals surface area contributed by atoms with Crippen LogP contribution in [0.4, 0.5) is 5.69 Å². The molecule has 2 atom stereocenters. The molecule has 1 aromatic rings. The Balaban J connectivity index is 2.03.